The molecule has 8 nitrogen and oxygen atoms in total. The molecule has 2 aromatic heterocycles. The number of rotatable bonds is 5. The van der Waals surface area contributed by atoms with E-state index in [9.17, 15) is 4.79 Å². The number of ether oxygens (including phenoxy) is 2. The van der Waals surface area contributed by atoms with Crippen LogP contribution in [0.3, 0.4) is 0 Å². The Morgan fingerprint density at radius 3 is 2.77 bits per heavy atom. The van der Waals surface area contributed by atoms with Crippen molar-refractivity contribution >= 4 is 5.91 Å². The largest absolute Gasteiger partial charge is 0.475 e. The van der Waals surface area contributed by atoms with Gasteiger partial charge in [-0.1, -0.05) is 17.7 Å². The maximum Gasteiger partial charge on any atom is 0.256 e. The topological polar surface area (TPSA) is 82.4 Å². The molecule has 0 bridgehead atoms. The molecule has 2 atom stereocenters. The lowest BCUT2D eigenvalue weighted by Gasteiger charge is -2.38. The Labute approximate surface area is 175 Å². The molecule has 0 unspecified atom stereocenters. The highest BCUT2D eigenvalue weighted by Gasteiger charge is 2.32. The van der Waals surface area contributed by atoms with Gasteiger partial charge in [-0.15, -0.1) is 0 Å². The standard InChI is InChI=1S/C22H25N5O3/c1-15-6-7-20(27-24-9-10-25-27)19(11-15)22(28)26-12-18(29-13-17(26)3)14-30-21-16(2)5-4-8-23-21/h4-11,17-18H,12-14H2,1-3H3/t17-,18+/m0/s1. The Hall–Kier alpha value is -3.26. The van der Waals surface area contributed by atoms with Gasteiger partial charge >= 0.3 is 0 Å². The molecule has 4 rings (SSSR count). The molecular formula is C22H25N5O3. The van der Waals surface area contributed by atoms with Gasteiger partial charge in [-0.05, 0) is 39.0 Å². The van der Waals surface area contributed by atoms with Crippen LogP contribution >= 0.6 is 0 Å². The number of carbonyl (C=O) groups is 1. The van der Waals surface area contributed by atoms with Crippen LogP contribution in [0.1, 0.15) is 28.4 Å². The second-order valence-corrected chi connectivity index (χ2v) is 7.54. The van der Waals surface area contributed by atoms with Crippen LogP contribution < -0.4 is 4.74 Å². The summed E-state index contributed by atoms with van der Waals surface area (Å²) in [6, 6.07) is 9.47. The molecule has 1 amide bonds. The average Bonchev–Trinajstić information content (AvgIpc) is 3.28. The van der Waals surface area contributed by atoms with Crippen LogP contribution in [0.15, 0.2) is 48.9 Å². The zero-order valence-electron chi connectivity index (χ0n) is 17.4. The van der Waals surface area contributed by atoms with Crippen molar-refractivity contribution in [2.75, 3.05) is 19.8 Å². The van der Waals surface area contributed by atoms with Gasteiger partial charge in [-0.25, -0.2) is 4.98 Å². The van der Waals surface area contributed by atoms with Crippen molar-refractivity contribution in [2.24, 2.45) is 0 Å². The third-order valence-electron chi connectivity index (χ3n) is 5.15. The van der Waals surface area contributed by atoms with Crippen molar-refractivity contribution in [3.63, 3.8) is 0 Å². The molecule has 0 N–H and O–H groups in total. The SMILES string of the molecule is Cc1ccc(-n2nccn2)c(C(=O)N2C[C@H](COc3ncccc3C)OC[C@@H]2C)c1. The van der Waals surface area contributed by atoms with Gasteiger partial charge < -0.3 is 14.4 Å². The summed E-state index contributed by atoms with van der Waals surface area (Å²) in [5.41, 5.74) is 3.19. The molecule has 30 heavy (non-hydrogen) atoms. The van der Waals surface area contributed by atoms with Gasteiger partial charge in [-0.2, -0.15) is 15.0 Å². The molecule has 3 aromatic rings. The molecule has 0 radical (unpaired) electrons. The lowest BCUT2D eigenvalue weighted by Crippen LogP contribution is -2.52. The fraction of sp³-hybridized carbons (Fsp3) is 0.364. The first-order valence-corrected chi connectivity index (χ1v) is 9.97. The van der Waals surface area contributed by atoms with Gasteiger partial charge in [0.25, 0.3) is 5.91 Å². The van der Waals surface area contributed by atoms with E-state index in [0.29, 0.717) is 36.9 Å². The van der Waals surface area contributed by atoms with Crippen molar-refractivity contribution in [3.8, 4) is 11.6 Å². The lowest BCUT2D eigenvalue weighted by molar-refractivity contribution is -0.0633. The minimum atomic E-state index is -0.234. The molecule has 0 saturated carbocycles. The molecule has 0 aliphatic carbocycles. The van der Waals surface area contributed by atoms with Gasteiger partial charge in [0.15, 0.2) is 0 Å². The summed E-state index contributed by atoms with van der Waals surface area (Å²) in [5.74, 6) is 0.518. The van der Waals surface area contributed by atoms with Gasteiger partial charge in [0.2, 0.25) is 5.88 Å². The van der Waals surface area contributed by atoms with E-state index in [1.165, 1.54) is 4.80 Å². The number of benzene rings is 1. The van der Waals surface area contributed by atoms with E-state index >= 15 is 0 Å². The fourth-order valence-corrected chi connectivity index (χ4v) is 3.49. The van der Waals surface area contributed by atoms with Crippen LogP contribution in [-0.4, -0.2) is 62.7 Å². The predicted molar refractivity (Wildman–Crippen MR) is 111 cm³/mol. The third-order valence-corrected chi connectivity index (χ3v) is 5.15. The van der Waals surface area contributed by atoms with Gasteiger partial charge in [0, 0.05) is 11.8 Å². The number of nitrogens with zero attached hydrogens (tertiary/aromatic N) is 5. The summed E-state index contributed by atoms with van der Waals surface area (Å²) in [6.45, 7) is 7.11. The summed E-state index contributed by atoms with van der Waals surface area (Å²) in [7, 11) is 0. The van der Waals surface area contributed by atoms with E-state index in [0.717, 1.165) is 11.1 Å². The normalized spacial score (nSPS) is 19.0. The molecule has 1 fully saturated rings. The quantitative estimate of drug-likeness (QED) is 0.647. The van der Waals surface area contributed by atoms with Gasteiger partial charge in [0.1, 0.15) is 12.7 Å². The first-order chi connectivity index (χ1) is 14.5. The van der Waals surface area contributed by atoms with Crippen molar-refractivity contribution in [2.45, 2.75) is 32.9 Å². The molecule has 1 aliphatic heterocycles. The van der Waals surface area contributed by atoms with Crippen LogP contribution in [0, 0.1) is 13.8 Å². The summed E-state index contributed by atoms with van der Waals surface area (Å²) >= 11 is 0. The summed E-state index contributed by atoms with van der Waals surface area (Å²) in [4.78, 5) is 21.1. The van der Waals surface area contributed by atoms with Crippen LogP contribution in [-0.2, 0) is 4.74 Å². The average molecular weight is 407 g/mol. The second kappa shape index (κ2) is 8.62. The lowest BCUT2D eigenvalue weighted by atomic mass is 10.1. The number of aromatic nitrogens is 4. The Morgan fingerprint density at radius 1 is 1.20 bits per heavy atom. The molecule has 8 heteroatoms. The highest BCUT2D eigenvalue weighted by Crippen LogP contribution is 2.22. The van der Waals surface area contributed by atoms with Crippen LogP contribution in [0.2, 0.25) is 0 Å². The number of amides is 1. The van der Waals surface area contributed by atoms with Crippen molar-refractivity contribution in [1.82, 2.24) is 24.9 Å². The Kier molecular flexibility index (Phi) is 5.76. The maximum absolute atomic E-state index is 13.5. The zero-order chi connectivity index (χ0) is 21.1. The van der Waals surface area contributed by atoms with E-state index in [1.54, 1.807) is 18.6 Å². The Bertz CT molecular complexity index is 1020. The van der Waals surface area contributed by atoms with E-state index in [1.807, 2.05) is 56.0 Å². The summed E-state index contributed by atoms with van der Waals surface area (Å²) < 4.78 is 11.8. The number of hydrogen-bond donors (Lipinski definition) is 0. The van der Waals surface area contributed by atoms with Crippen LogP contribution in [0.4, 0.5) is 0 Å². The molecule has 3 heterocycles. The van der Waals surface area contributed by atoms with E-state index in [2.05, 4.69) is 15.2 Å². The van der Waals surface area contributed by atoms with Gasteiger partial charge in [0.05, 0.1) is 42.8 Å². The van der Waals surface area contributed by atoms with E-state index in [-0.39, 0.29) is 18.1 Å². The minimum absolute atomic E-state index is 0.0516. The third kappa shape index (κ3) is 4.18. The zero-order valence-corrected chi connectivity index (χ0v) is 17.4. The summed E-state index contributed by atoms with van der Waals surface area (Å²) in [5, 5.41) is 8.39. The fourth-order valence-electron chi connectivity index (χ4n) is 3.49. The minimum Gasteiger partial charge on any atom is -0.475 e. The number of hydrogen-bond acceptors (Lipinski definition) is 6. The molecule has 1 aliphatic rings. The molecule has 1 aromatic carbocycles. The molecular weight excluding hydrogens is 382 g/mol. The molecule has 0 spiro atoms. The second-order valence-electron chi connectivity index (χ2n) is 7.54. The predicted octanol–water partition coefficient (Wildman–Crippen LogP) is 2.59. The van der Waals surface area contributed by atoms with Crippen LogP contribution in [0.25, 0.3) is 5.69 Å². The first-order valence-electron chi connectivity index (χ1n) is 9.97. The van der Waals surface area contributed by atoms with E-state index in [4.69, 9.17) is 9.47 Å². The van der Waals surface area contributed by atoms with Crippen LogP contribution in [0.5, 0.6) is 5.88 Å². The number of morpholine rings is 1. The molecule has 156 valence electrons. The number of pyridine rings is 1. The van der Waals surface area contributed by atoms with Gasteiger partial charge in [-0.3, -0.25) is 4.79 Å². The highest BCUT2D eigenvalue weighted by atomic mass is 16.5. The van der Waals surface area contributed by atoms with Crippen molar-refractivity contribution in [1.29, 1.82) is 0 Å². The number of carbonyl (C=O) groups excluding carboxylic acids is 1. The smallest absolute Gasteiger partial charge is 0.256 e. The van der Waals surface area contributed by atoms with Crippen molar-refractivity contribution < 1.29 is 14.3 Å². The molecule has 1 saturated heterocycles. The van der Waals surface area contributed by atoms with E-state index < -0.39 is 0 Å². The summed E-state index contributed by atoms with van der Waals surface area (Å²) in [6.07, 6.45) is 4.66. The maximum atomic E-state index is 13.5. The highest BCUT2D eigenvalue weighted by molar-refractivity contribution is 5.98. The monoisotopic (exact) mass is 407 g/mol. The first kappa shape index (κ1) is 20.0. The Morgan fingerprint density at radius 2 is 2.00 bits per heavy atom. The number of aryl methyl sites for hydroxylation is 2. The van der Waals surface area contributed by atoms with Crippen molar-refractivity contribution in [3.05, 3.63) is 65.6 Å². The Balaban J connectivity index is 1.52.